The van der Waals surface area contributed by atoms with Gasteiger partial charge in [0.25, 0.3) is 0 Å². The minimum absolute atomic E-state index is 0.479. The number of piperidine rings is 1. The van der Waals surface area contributed by atoms with Crippen LogP contribution in [-0.2, 0) is 0 Å². The molecule has 4 heterocycles. The molecule has 0 saturated carbocycles. The number of methoxy groups -OCH3 is 1. The van der Waals surface area contributed by atoms with E-state index in [0.717, 1.165) is 59.7 Å². The highest BCUT2D eigenvalue weighted by Crippen LogP contribution is 2.29. The topological polar surface area (TPSA) is 98.8 Å². The summed E-state index contributed by atoms with van der Waals surface area (Å²) in [7, 11) is 1.62. The third kappa shape index (κ3) is 4.05. The number of hydrogen-bond donors (Lipinski definition) is 2. The molecule has 7 heteroatoms. The average molecular weight is 390 g/mol. The number of aromatic nitrogens is 4. The number of nitrogens with two attached hydrogens (primary N) is 1. The monoisotopic (exact) mass is 390 g/mol. The predicted molar refractivity (Wildman–Crippen MR) is 114 cm³/mol. The van der Waals surface area contributed by atoms with Gasteiger partial charge in [0.05, 0.1) is 40.9 Å². The lowest BCUT2D eigenvalue weighted by Crippen LogP contribution is -2.27. The Labute approximate surface area is 170 Å². The van der Waals surface area contributed by atoms with Gasteiger partial charge in [-0.2, -0.15) is 0 Å². The molecule has 0 aromatic carbocycles. The number of fused-ring (bicyclic) bond motifs is 1. The maximum absolute atomic E-state index is 6.37. The molecular formula is C22H26N6O. The van der Waals surface area contributed by atoms with Crippen molar-refractivity contribution >= 4 is 22.8 Å². The number of aryl methyl sites for hydroxylation is 2. The molecule has 0 spiro atoms. The zero-order valence-corrected chi connectivity index (χ0v) is 17.1. The van der Waals surface area contributed by atoms with Crippen LogP contribution in [0.2, 0.25) is 0 Å². The summed E-state index contributed by atoms with van der Waals surface area (Å²) in [6.45, 7) is 5.90. The van der Waals surface area contributed by atoms with E-state index in [9.17, 15) is 0 Å². The molecule has 0 amide bonds. The Morgan fingerprint density at radius 2 is 1.93 bits per heavy atom. The second-order valence-electron chi connectivity index (χ2n) is 7.42. The SMILES string of the molecule is COc1cc2nc(C3CCNCC3)ccc2nc1C(N)=Cc1ncc(C)nc1C. The van der Waals surface area contributed by atoms with Gasteiger partial charge in [-0.15, -0.1) is 0 Å². The smallest absolute Gasteiger partial charge is 0.148 e. The van der Waals surface area contributed by atoms with Crippen molar-refractivity contribution in [3.8, 4) is 5.75 Å². The summed E-state index contributed by atoms with van der Waals surface area (Å²) < 4.78 is 5.58. The van der Waals surface area contributed by atoms with Crippen molar-refractivity contribution in [3.63, 3.8) is 0 Å². The van der Waals surface area contributed by atoms with E-state index in [1.807, 2.05) is 26.0 Å². The van der Waals surface area contributed by atoms with Crippen molar-refractivity contribution in [3.05, 3.63) is 52.9 Å². The van der Waals surface area contributed by atoms with Gasteiger partial charge in [-0.1, -0.05) is 0 Å². The van der Waals surface area contributed by atoms with Crippen LogP contribution >= 0.6 is 0 Å². The Morgan fingerprint density at radius 1 is 1.14 bits per heavy atom. The van der Waals surface area contributed by atoms with Gasteiger partial charge in [0, 0.05) is 23.9 Å². The van der Waals surface area contributed by atoms with Gasteiger partial charge < -0.3 is 15.8 Å². The molecule has 3 aromatic heterocycles. The molecule has 0 atom stereocenters. The number of nitrogens with zero attached hydrogens (tertiary/aromatic N) is 4. The van der Waals surface area contributed by atoms with Crippen molar-refractivity contribution in [1.82, 2.24) is 25.3 Å². The van der Waals surface area contributed by atoms with Gasteiger partial charge in [-0.3, -0.25) is 15.0 Å². The zero-order valence-electron chi connectivity index (χ0n) is 17.1. The Kier molecular flexibility index (Phi) is 5.40. The summed E-state index contributed by atoms with van der Waals surface area (Å²) >= 11 is 0. The van der Waals surface area contributed by atoms with E-state index in [0.29, 0.717) is 23.1 Å². The third-order valence-corrected chi connectivity index (χ3v) is 5.31. The van der Waals surface area contributed by atoms with Gasteiger partial charge >= 0.3 is 0 Å². The van der Waals surface area contributed by atoms with Crippen LogP contribution in [0.3, 0.4) is 0 Å². The summed E-state index contributed by atoms with van der Waals surface area (Å²) in [6, 6.07) is 6.01. The number of pyridine rings is 2. The highest BCUT2D eigenvalue weighted by atomic mass is 16.5. The number of hydrogen-bond acceptors (Lipinski definition) is 7. The van der Waals surface area contributed by atoms with Gasteiger partial charge in [-0.25, -0.2) is 4.98 Å². The lowest BCUT2D eigenvalue weighted by molar-refractivity contribution is 0.412. The Balaban J connectivity index is 1.73. The van der Waals surface area contributed by atoms with E-state index in [-0.39, 0.29) is 0 Å². The van der Waals surface area contributed by atoms with Crippen LogP contribution < -0.4 is 15.8 Å². The molecule has 1 fully saturated rings. The second kappa shape index (κ2) is 8.13. The summed E-state index contributed by atoms with van der Waals surface area (Å²) in [5.41, 5.74) is 12.6. The Hall–Kier alpha value is -3.06. The number of nitrogens with one attached hydrogen (secondary N) is 1. The van der Waals surface area contributed by atoms with E-state index in [1.54, 1.807) is 19.4 Å². The molecule has 1 aliphatic rings. The molecule has 1 aliphatic heterocycles. The second-order valence-corrected chi connectivity index (χ2v) is 7.42. The van der Waals surface area contributed by atoms with Crippen molar-refractivity contribution in [2.24, 2.45) is 5.73 Å². The molecule has 0 unspecified atom stereocenters. The number of rotatable bonds is 4. The van der Waals surface area contributed by atoms with Crippen LogP contribution in [-0.4, -0.2) is 40.1 Å². The molecule has 4 rings (SSSR count). The largest absolute Gasteiger partial charge is 0.494 e. The van der Waals surface area contributed by atoms with Gasteiger partial charge in [0.15, 0.2) is 0 Å². The molecule has 29 heavy (non-hydrogen) atoms. The van der Waals surface area contributed by atoms with Crippen LogP contribution in [0.1, 0.15) is 47.2 Å². The Bertz CT molecular complexity index is 1070. The van der Waals surface area contributed by atoms with Crippen molar-refractivity contribution in [2.45, 2.75) is 32.6 Å². The predicted octanol–water partition coefficient (Wildman–Crippen LogP) is 2.97. The molecule has 150 valence electrons. The maximum Gasteiger partial charge on any atom is 0.148 e. The van der Waals surface area contributed by atoms with Crippen molar-refractivity contribution < 1.29 is 4.74 Å². The van der Waals surface area contributed by atoms with E-state index < -0.39 is 0 Å². The summed E-state index contributed by atoms with van der Waals surface area (Å²) in [6.07, 6.45) is 5.72. The van der Waals surface area contributed by atoms with E-state index in [4.69, 9.17) is 20.4 Å². The molecule has 1 saturated heterocycles. The fraction of sp³-hybridized carbons (Fsp3) is 0.364. The summed E-state index contributed by atoms with van der Waals surface area (Å²) in [4.78, 5) is 18.5. The average Bonchev–Trinajstić information content (AvgIpc) is 2.75. The van der Waals surface area contributed by atoms with Crippen LogP contribution in [0.4, 0.5) is 0 Å². The third-order valence-electron chi connectivity index (χ3n) is 5.31. The molecule has 0 radical (unpaired) electrons. The van der Waals surface area contributed by atoms with Gasteiger partial charge in [0.2, 0.25) is 0 Å². The molecule has 3 N–H and O–H groups in total. The van der Waals surface area contributed by atoms with E-state index >= 15 is 0 Å². The lowest BCUT2D eigenvalue weighted by Gasteiger charge is -2.22. The number of ether oxygens (including phenoxy) is 1. The van der Waals surface area contributed by atoms with E-state index in [2.05, 4.69) is 21.4 Å². The minimum Gasteiger partial charge on any atom is -0.494 e. The first kappa shape index (κ1) is 19.3. The summed E-state index contributed by atoms with van der Waals surface area (Å²) in [5.74, 6) is 1.08. The zero-order chi connectivity index (χ0) is 20.4. The molecule has 0 bridgehead atoms. The Morgan fingerprint density at radius 3 is 2.66 bits per heavy atom. The fourth-order valence-electron chi connectivity index (χ4n) is 3.72. The highest BCUT2D eigenvalue weighted by molar-refractivity contribution is 5.85. The molecule has 7 nitrogen and oxygen atoms in total. The van der Waals surface area contributed by atoms with Crippen LogP contribution in [0, 0.1) is 13.8 Å². The molecular weight excluding hydrogens is 364 g/mol. The fourth-order valence-corrected chi connectivity index (χ4v) is 3.72. The van der Waals surface area contributed by atoms with Crippen LogP contribution in [0.25, 0.3) is 22.8 Å². The first-order chi connectivity index (χ1) is 14.0. The molecule has 0 aliphatic carbocycles. The summed E-state index contributed by atoms with van der Waals surface area (Å²) in [5, 5.41) is 3.40. The van der Waals surface area contributed by atoms with Crippen molar-refractivity contribution in [1.29, 1.82) is 0 Å². The van der Waals surface area contributed by atoms with Gasteiger partial charge in [0.1, 0.15) is 11.4 Å². The van der Waals surface area contributed by atoms with Crippen LogP contribution in [0.5, 0.6) is 5.75 Å². The minimum atomic E-state index is 0.479. The van der Waals surface area contributed by atoms with Gasteiger partial charge in [-0.05, 0) is 58.0 Å². The highest BCUT2D eigenvalue weighted by Gasteiger charge is 2.18. The first-order valence-electron chi connectivity index (χ1n) is 9.89. The lowest BCUT2D eigenvalue weighted by atomic mass is 9.94. The maximum atomic E-state index is 6.37. The van der Waals surface area contributed by atoms with Crippen molar-refractivity contribution in [2.75, 3.05) is 20.2 Å². The first-order valence-corrected chi connectivity index (χ1v) is 9.89. The van der Waals surface area contributed by atoms with E-state index in [1.165, 1.54) is 0 Å². The quantitative estimate of drug-likeness (QED) is 0.706. The normalized spacial score (nSPS) is 15.6. The standard InChI is InChI=1S/C22H26N6O/c1-13-12-25-19(14(2)26-13)10-16(23)22-21(29-3)11-20-18(28-22)5-4-17(27-20)15-6-8-24-9-7-15/h4-5,10-12,15,24H,6-9,23H2,1-3H3. The van der Waals surface area contributed by atoms with Crippen LogP contribution in [0.15, 0.2) is 24.4 Å². The molecule has 3 aromatic rings.